The molecule has 0 radical (unpaired) electrons. The van der Waals surface area contributed by atoms with Crippen LogP contribution in [-0.2, 0) is 4.79 Å². The summed E-state index contributed by atoms with van der Waals surface area (Å²) in [5.74, 6) is -0.482. The highest BCUT2D eigenvalue weighted by atomic mass is 19.4. The third kappa shape index (κ3) is 8.97. The lowest BCUT2D eigenvalue weighted by Crippen LogP contribution is -2.39. The van der Waals surface area contributed by atoms with Crippen molar-refractivity contribution in [3.63, 3.8) is 0 Å². The van der Waals surface area contributed by atoms with Crippen LogP contribution in [0.25, 0.3) is 0 Å². The van der Waals surface area contributed by atoms with Crippen LogP contribution >= 0.6 is 0 Å². The summed E-state index contributed by atoms with van der Waals surface area (Å²) in [4.78, 5) is 12.4. The minimum atomic E-state index is -4.35. The maximum Gasteiger partial charge on any atom is 0.406 e. The van der Waals surface area contributed by atoms with Crippen molar-refractivity contribution < 1.29 is 23.1 Å². The Morgan fingerprint density at radius 3 is 2.35 bits per heavy atom. The monoisotopic (exact) mass is 255 g/mol. The molecule has 0 aliphatic heterocycles. The van der Waals surface area contributed by atoms with Crippen LogP contribution in [0, 0.1) is 0 Å². The SMILES string of the molecule is CCCCN(CC(F)(F)F)C(=O)CCCCO. The predicted molar refractivity (Wildman–Crippen MR) is 58.5 cm³/mol. The third-order valence-corrected chi connectivity index (χ3v) is 2.30. The first kappa shape index (κ1) is 16.2. The van der Waals surface area contributed by atoms with Gasteiger partial charge in [0.15, 0.2) is 0 Å². The minimum absolute atomic E-state index is 0.0402. The number of carbonyl (C=O) groups is 1. The van der Waals surface area contributed by atoms with Gasteiger partial charge in [-0.05, 0) is 19.3 Å². The summed E-state index contributed by atoms with van der Waals surface area (Å²) in [6.45, 7) is 0.794. The molecule has 0 aromatic heterocycles. The van der Waals surface area contributed by atoms with Crippen molar-refractivity contribution >= 4 is 5.91 Å². The molecular formula is C11H20F3NO2. The van der Waals surface area contributed by atoms with Crippen molar-refractivity contribution in [3.05, 3.63) is 0 Å². The molecule has 102 valence electrons. The Bertz CT molecular complexity index is 219. The molecule has 0 saturated carbocycles. The molecule has 0 rings (SSSR count). The van der Waals surface area contributed by atoms with E-state index < -0.39 is 18.6 Å². The number of halogens is 3. The fourth-order valence-electron chi connectivity index (χ4n) is 1.40. The summed E-state index contributed by atoms with van der Waals surface area (Å²) in [6.07, 6.45) is -2.09. The normalized spacial score (nSPS) is 11.6. The summed E-state index contributed by atoms with van der Waals surface area (Å²) >= 11 is 0. The van der Waals surface area contributed by atoms with E-state index in [-0.39, 0.29) is 19.6 Å². The molecule has 0 aliphatic rings. The van der Waals surface area contributed by atoms with E-state index in [0.29, 0.717) is 19.3 Å². The number of alkyl halides is 3. The fraction of sp³-hybridized carbons (Fsp3) is 0.909. The first-order valence-corrected chi connectivity index (χ1v) is 5.86. The molecule has 0 heterocycles. The molecule has 17 heavy (non-hydrogen) atoms. The van der Waals surface area contributed by atoms with Crippen molar-refractivity contribution in [2.45, 2.75) is 45.2 Å². The van der Waals surface area contributed by atoms with Gasteiger partial charge in [-0.3, -0.25) is 4.79 Å². The molecule has 6 heteroatoms. The molecule has 0 atom stereocenters. The molecule has 1 N–H and O–H groups in total. The predicted octanol–water partition coefficient (Wildman–Crippen LogP) is 2.34. The molecule has 0 unspecified atom stereocenters. The van der Waals surface area contributed by atoms with E-state index >= 15 is 0 Å². The molecule has 1 amide bonds. The lowest BCUT2D eigenvalue weighted by Gasteiger charge is -2.23. The second kappa shape index (κ2) is 8.33. The number of hydrogen-bond donors (Lipinski definition) is 1. The molecular weight excluding hydrogens is 235 g/mol. The summed E-state index contributed by atoms with van der Waals surface area (Å²) in [5.41, 5.74) is 0. The Balaban J connectivity index is 4.19. The molecule has 0 spiro atoms. The van der Waals surface area contributed by atoms with Gasteiger partial charge in [0.1, 0.15) is 6.54 Å². The average molecular weight is 255 g/mol. The van der Waals surface area contributed by atoms with Crippen LogP contribution in [0.3, 0.4) is 0 Å². The Kier molecular flexibility index (Phi) is 7.95. The maximum atomic E-state index is 12.2. The number of carbonyl (C=O) groups excluding carboxylic acids is 1. The number of amides is 1. The van der Waals surface area contributed by atoms with Crippen LogP contribution in [0.2, 0.25) is 0 Å². The number of nitrogens with zero attached hydrogens (tertiary/aromatic N) is 1. The summed E-state index contributed by atoms with van der Waals surface area (Å²) in [6, 6.07) is 0. The van der Waals surface area contributed by atoms with Gasteiger partial charge in [-0.1, -0.05) is 13.3 Å². The van der Waals surface area contributed by atoms with E-state index in [1.54, 1.807) is 0 Å². The first-order valence-electron chi connectivity index (χ1n) is 5.86. The lowest BCUT2D eigenvalue weighted by atomic mass is 10.2. The van der Waals surface area contributed by atoms with Gasteiger partial charge in [-0.15, -0.1) is 0 Å². The Morgan fingerprint density at radius 2 is 1.88 bits per heavy atom. The number of aliphatic hydroxyl groups is 1. The second-order valence-corrected chi connectivity index (χ2v) is 3.96. The van der Waals surface area contributed by atoms with E-state index in [4.69, 9.17) is 5.11 Å². The van der Waals surface area contributed by atoms with Crippen molar-refractivity contribution in [1.29, 1.82) is 0 Å². The molecule has 0 aliphatic carbocycles. The van der Waals surface area contributed by atoms with Crippen molar-refractivity contribution in [1.82, 2.24) is 4.90 Å². The van der Waals surface area contributed by atoms with E-state index in [1.165, 1.54) is 0 Å². The van der Waals surface area contributed by atoms with Crippen LogP contribution in [0.1, 0.15) is 39.0 Å². The van der Waals surface area contributed by atoms with Gasteiger partial charge in [-0.25, -0.2) is 0 Å². The van der Waals surface area contributed by atoms with Crippen LogP contribution in [-0.4, -0.2) is 41.8 Å². The second-order valence-electron chi connectivity index (χ2n) is 3.96. The van der Waals surface area contributed by atoms with Gasteiger partial charge in [0.25, 0.3) is 0 Å². The zero-order valence-electron chi connectivity index (χ0n) is 10.1. The van der Waals surface area contributed by atoms with Crippen molar-refractivity contribution in [2.24, 2.45) is 0 Å². The highest BCUT2D eigenvalue weighted by molar-refractivity contribution is 5.76. The Morgan fingerprint density at radius 1 is 1.24 bits per heavy atom. The van der Waals surface area contributed by atoms with Gasteiger partial charge in [0, 0.05) is 19.6 Å². The standard InChI is InChI=1S/C11H20F3NO2/c1-2-3-7-15(9-11(12,13)14)10(17)6-4-5-8-16/h16H,2-9H2,1H3. The summed E-state index contributed by atoms with van der Waals surface area (Å²) in [5, 5.41) is 8.54. The number of unbranched alkanes of at least 4 members (excludes halogenated alkanes) is 2. The van der Waals surface area contributed by atoms with Crippen LogP contribution in [0.5, 0.6) is 0 Å². The number of aliphatic hydroxyl groups excluding tert-OH is 1. The number of hydrogen-bond acceptors (Lipinski definition) is 2. The highest BCUT2D eigenvalue weighted by Crippen LogP contribution is 2.17. The van der Waals surface area contributed by atoms with Crippen molar-refractivity contribution in [3.8, 4) is 0 Å². The molecule has 0 aromatic carbocycles. The quantitative estimate of drug-likeness (QED) is 0.676. The Hall–Kier alpha value is -0.780. The fourth-order valence-corrected chi connectivity index (χ4v) is 1.40. The largest absolute Gasteiger partial charge is 0.406 e. The van der Waals surface area contributed by atoms with Gasteiger partial charge in [0.2, 0.25) is 5.91 Å². The lowest BCUT2D eigenvalue weighted by molar-refractivity contribution is -0.161. The van der Waals surface area contributed by atoms with Gasteiger partial charge < -0.3 is 10.0 Å². The van der Waals surface area contributed by atoms with Gasteiger partial charge in [-0.2, -0.15) is 13.2 Å². The van der Waals surface area contributed by atoms with Gasteiger partial charge >= 0.3 is 6.18 Å². The smallest absolute Gasteiger partial charge is 0.396 e. The van der Waals surface area contributed by atoms with Crippen LogP contribution in [0.4, 0.5) is 13.2 Å². The third-order valence-electron chi connectivity index (χ3n) is 2.30. The average Bonchev–Trinajstić information content (AvgIpc) is 2.22. The zero-order valence-corrected chi connectivity index (χ0v) is 10.1. The van der Waals surface area contributed by atoms with Crippen LogP contribution < -0.4 is 0 Å². The molecule has 0 bridgehead atoms. The Labute approximate surface area is 99.6 Å². The van der Waals surface area contributed by atoms with Gasteiger partial charge in [0.05, 0.1) is 0 Å². The molecule has 0 fully saturated rings. The maximum absolute atomic E-state index is 12.2. The van der Waals surface area contributed by atoms with Crippen LogP contribution in [0.15, 0.2) is 0 Å². The van der Waals surface area contributed by atoms with E-state index in [9.17, 15) is 18.0 Å². The minimum Gasteiger partial charge on any atom is -0.396 e. The summed E-state index contributed by atoms with van der Waals surface area (Å²) in [7, 11) is 0. The van der Waals surface area contributed by atoms with E-state index in [1.807, 2.05) is 6.92 Å². The zero-order chi connectivity index (χ0) is 13.3. The first-order chi connectivity index (χ1) is 7.90. The van der Waals surface area contributed by atoms with Crippen molar-refractivity contribution in [2.75, 3.05) is 19.7 Å². The van der Waals surface area contributed by atoms with E-state index in [0.717, 1.165) is 11.3 Å². The summed E-state index contributed by atoms with van der Waals surface area (Å²) < 4.78 is 36.7. The molecule has 0 aromatic rings. The molecule has 3 nitrogen and oxygen atoms in total. The van der Waals surface area contributed by atoms with E-state index in [2.05, 4.69) is 0 Å². The highest BCUT2D eigenvalue weighted by Gasteiger charge is 2.32. The topological polar surface area (TPSA) is 40.5 Å². The molecule has 0 saturated heterocycles. The number of rotatable bonds is 8.